The Kier molecular flexibility index (Phi) is 2.72. The second-order valence-electron chi connectivity index (χ2n) is 3.71. The molecule has 0 amide bonds. The van der Waals surface area contributed by atoms with E-state index in [1.54, 1.807) is 0 Å². The summed E-state index contributed by atoms with van der Waals surface area (Å²) in [6, 6.07) is 0.345. The van der Waals surface area contributed by atoms with Crippen molar-refractivity contribution in [2.45, 2.75) is 44.2 Å². The van der Waals surface area contributed by atoms with Gasteiger partial charge in [-0.2, -0.15) is 11.8 Å². The van der Waals surface area contributed by atoms with Gasteiger partial charge in [-0.3, -0.25) is 9.89 Å². The van der Waals surface area contributed by atoms with Gasteiger partial charge in [-0.05, 0) is 12.8 Å². The average molecular weight is 212 g/mol. The molecule has 0 aliphatic carbocycles. The van der Waals surface area contributed by atoms with E-state index in [9.17, 15) is 4.79 Å². The monoisotopic (exact) mass is 212 g/mol. The Hall–Kier alpha value is -0.640. The van der Waals surface area contributed by atoms with Crippen molar-refractivity contribution < 1.29 is 0 Å². The van der Waals surface area contributed by atoms with E-state index in [1.165, 1.54) is 0 Å². The number of H-pyrrole nitrogens is 1. The zero-order valence-corrected chi connectivity index (χ0v) is 9.49. The number of aromatic nitrogens is 2. The molecule has 1 N–H and O–H groups in total. The van der Waals surface area contributed by atoms with Crippen LogP contribution in [0.2, 0.25) is 0 Å². The van der Waals surface area contributed by atoms with Gasteiger partial charge in [-0.1, -0.05) is 13.8 Å². The summed E-state index contributed by atoms with van der Waals surface area (Å²) in [5, 5.41) is 3.25. The normalized spacial score (nSPS) is 15.1. The minimum atomic E-state index is 0.207. The summed E-state index contributed by atoms with van der Waals surface area (Å²) in [5.74, 6) is 1.86. The SMILES string of the molecule is CCC(CC)n1[nH]c2c(c1=O)CSC2. The Bertz CT molecular complexity index is 376. The van der Waals surface area contributed by atoms with Gasteiger partial charge in [0.05, 0.1) is 17.3 Å². The van der Waals surface area contributed by atoms with E-state index < -0.39 is 0 Å². The molecule has 0 atom stereocenters. The molecule has 3 nitrogen and oxygen atoms in total. The van der Waals surface area contributed by atoms with E-state index in [2.05, 4.69) is 18.9 Å². The molecule has 0 radical (unpaired) electrons. The van der Waals surface area contributed by atoms with Crippen LogP contribution >= 0.6 is 11.8 Å². The van der Waals surface area contributed by atoms with Gasteiger partial charge in [-0.15, -0.1) is 0 Å². The third-order valence-electron chi connectivity index (χ3n) is 2.90. The maximum Gasteiger partial charge on any atom is 0.271 e. The molecule has 0 bridgehead atoms. The molecule has 78 valence electrons. The Balaban J connectivity index is 2.40. The maximum atomic E-state index is 11.9. The van der Waals surface area contributed by atoms with Crippen molar-refractivity contribution in [2.75, 3.05) is 0 Å². The van der Waals surface area contributed by atoms with E-state index >= 15 is 0 Å². The number of nitrogens with zero attached hydrogens (tertiary/aromatic N) is 1. The number of thioether (sulfide) groups is 1. The predicted molar refractivity (Wildman–Crippen MR) is 59.7 cm³/mol. The van der Waals surface area contributed by atoms with Crippen LogP contribution in [0.25, 0.3) is 0 Å². The smallest absolute Gasteiger partial charge is 0.271 e. The summed E-state index contributed by atoms with van der Waals surface area (Å²) in [6.45, 7) is 4.25. The quantitative estimate of drug-likeness (QED) is 0.834. The highest BCUT2D eigenvalue weighted by Crippen LogP contribution is 2.27. The van der Waals surface area contributed by atoms with Gasteiger partial charge in [0.2, 0.25) is 0 Å². The number of rotatable bonds is 3. The van der Waals surface area contributed by atoms with E-state index in [4.69, 9.17) is 0 Å². The van der Waals surface area contributed by atoms with Crippen LogP contribution in [0.4, 0.5) is 0 Å². The Morgan fingerprint density at radius 3 is 2.71 bits per heavy atom. The van der Waals surface area contributed by atoms with Crippen molar-refractivity contribution in [2.24, 2.45) is 0 Å². The molecule has 2 rings (SSSR count). The molecule has 0 spiro atoms. The average Bonchev–Trinajstić information content (AvgIpc) is 2.74. The molecule has 14 heavy (non-hydrogen) atoms. The van der Waals surface area contributed by atoms with Crippen molar-refractivity contribution in [1.29, 1.82) is 0 Å². The van der Waals surface area contributed by atoms with Crippen molar-refractivity contribution >= 4 is 11.8 Å². The number of nitrogens with one attached hydrogen (secondary N) is 1. The van der Waals surface area contributed by atoms with Gasteiger partial charge in [0, 0.05) is 11.5 Å². The van der Waals surface area contributed by atoms with Gasteiger partial charge in [0.15, 0.2) is 0 Å². The summed E-state index contributed by atoms with van der Waals surface area (Å²) in [5.41, 5.74) is 2.35. The van der Waals surface area contributed by atoms with E-state index in [0.717, 1.165) is 35.6 Å². The molecular formula is C10H16N2OS. The standard InChI is InChI=1S/C10H16N2OS/c1-3-7(4-2)12-10(13)8-5-14-6-9(8)11-12/h7,11H,3-6H2,1-2H3. The van der Waals surface area contributed by atoms with Gasteiger partial charge < -0.3 is 0 Å². The molecule has 1 aliphatic heterocycles. The highest BCUT2D eigenvalue weighted by atomic mass is 32.2. The molecule has 4 heteroatoms. The summed E-state index contributed by atoms with van der Waals surface area (Å²) >= 11 is 1.81. The fourth-order valence-corrected chi connectivity index (χ4v) is 3.02. The van der Waals surface area contributed by atoms with Gasteiger partial charge in [0.25, 0.3) is 5.56 Å². The Morgan fingerprint density at radius 2 is 2.14 bits per heavy atom. The predicted octanol–water partition coefficient (Wildman–Crippen LogP) is 2.28. The Morgan fingerprint density at radius 1 is 1.43 bits per heavy atom. The van der Waals surface area contributed by atoms with Gasteiger partial charge in [-0.25, -0.2) is 4.68 Å². The largest absolute Gasteiger partial charge is 0.298 e. The van der Waals surface area contributed by atoms with Gasteiger partial charge >= 0.3 is 0 Å². The molecule has 1 aromatic heterocycles. The summed E-state index contributed by atoms with van der Waals surface area (Å²) in [6.07, 6.45) is 2.03. The molecule has 0 unspecified atom stereocenters. The molecular weight excluding hydrogens is 196 g/mol. The molecule has 2 heterocycles. The zero-order chi connectivity index (χ0) is 10.1. The highest BCUT2D eigenvalue weighted by molar-refractivity contribution is 7.98. The molecule has 0 saturated heterocycles. The molecule has 1 aromatic rings. The van der Waals surface area contributed by atoms with Crippen molar-refractivity contribution in [3.63, 3.8) is 0 Å². The first-order valence-corrected chi connectivity index (χ1v) is 6.33. The van der Waals surface area contributed by atoms with Gasteiger partial charge in [0.1, 0.15) is 0 Å². The number of fused-ring (bicyclic) bond motifs is 1. The van der Waals surface area contributed by atoms with E-state index in [1.807, 2.05) is 16.4 Å². The molecule has 0 saturated carbocycles. The van der Waals surface area contributed by atoms with Crippen molar-refractivity contribution in [3.05, 3.63) is 21.6 Å². The molecule has 0 aromatic carbocycles. The number of hydrogen-bond acceptors (Lipinski definition) is 2. The topological polar surface area (TPSA) is 37.8 Å². The zero-order valence-electron chi connectivity index (χ0n) is 8.67. The van der Waals surface area contributed by atoms with E-state index in [-0.39, 0.29) is 5.56 Å². The fourth-order valence-electron chi connectivity index (χ4n) is 1.97. The third-order valence-corrected chi connectivity index (χ3v) is 3.88. The first kappa shape index (κ1) is 9.90. The minimum Gasteiger partial charge on any atom is -0.298 e. The highest BCUT2D eigenvalue weighted by Gasteiger charge is 2.21. The lowest BCUT2D eigenvalue weighted by Gasteiger charge is -2.13. The van der Waals surface area contributed by atoms with Crippen LogP contribution in [0.5, 0.6) is 0 Å². The number of aromatic amines is 1. The van der Waals surface area contributed by atoms with Crippen LogP contribution in [0.15, 0.2) is 4.79 Å². The fraction of sp³-hybridized carbons (Fsp3) is 0.700. The van der Waals surface area contributed by atoms with Crippen LogP contribution in [-0.4, -0.2) is 9.78 Å². The molecule has 0 fully saturated rings. The third kappa shape index (κ3) is 1.41. The second-order valence-corrected chi connectivity index (χ2v) is 4.69. The lowest BCUT2D eigenvalue weighted by Crippen LogP contribution is -2.23. The number of hydrogen-bond donors (Lipinski definition) is 1. The lowest BCUT2D eigenvalue weighted by molar-refractivity contribution is 0.415. The minimum absolute atomic E-state index is 0.207. The summed E-state index contributed by atoms with van der Waals surface area (Å²) in [4.78, 5) is 11.9. The van der Waals surface area contributed by atoms with Crippen molar-refractivity contribution in [1.82, 2.24) is 9.78 Å². The second kappa shape index (κ2) is 3.85. The van der Waals surface area contributed by atoms with Crippen LogP contribution in [-0.2, 0) is 11.5 Å². The Labute approximate surface area is 87.9 Å². The summed E-state index contributed by atoms with van der Waals surface area (Å²) in [7, 11) is 0. The first-order chi connectivity index (χ1) is 6.77. The van der Waals surface area contributed by atoms with Crippen LogP contribution in [0, 0.1) is 0 Å². The molecule has 1 aliphatic rings. The van der Waals surface area contributed by atoms with E-state index in [0.29, 0.717) is 6.04 Å². The lowest BCUT2D eigenvalue weighted by atomic mass is 10.2. The van der Waals surface area contributed by atoms with Crippen LogP contribution in [0.1, 0.15) is 44.0 Å². The van der Waals surface area contributed by atoms with Crippen LogP contribution in [0.3, 0.4) is 0 Å². The van der Waals surface area contributed by atoms with Crippen LogP contribution < -0.4 is 5.56 Å². The maximum absolute atomic E-state index is 11.9. The first-order valence-electron chi connectivity index (χ1n) is 5.17. The summed E-state index contributed by atoms with van der Waals surface area (Å²) < 4.78 is 1.82. The van der Waals surface area contributed by atoms with Crippen molar-refractivity contribution in [3.8, 4) is 0 Å².